The van der Waals surface area contributed by atoms with Crippen LogP contribution in [-0.2, 0) is 0 Å². The molecular formula is C9H11BrN6O. The van der Waals surface area contributed by atoms with Crippen molar-refractivity contribution in [3.8, 4) is 0 Å². The van der Waals surface area contributed by atoms with Gasteiger partial charge < -0.3 is 10.8 Å². The highest BCUT2D eigenvalue weighted by Crippen LogP contribution is 2.32. The van der Waals surface area contributed by atoms with Gasteiger partial charge in [0.1, 0.15) is 4.60 Å². The monoisotopic (exact) mass is 298 g/mol. The standard InChI is InChI=1S/C9H11BrN6O/c10-7-6-8(13-9(11)12-7)16(15-14-6)4-2-1-3-5(4)17/h4-5,17H,1-3H2,(H2,11,12,13)/t4-,5+/m0/s1. The minimum absolute atomic E-state index is 0.0683. The van der Waals surface area contributed by atoms with Gasteiger partial charge in [0.2, 0.25) is 5.95 Å². The van der Waals surface area contributed by atoms with Crippen LogP contribution < -0.4 is 5.73 Å². The Kier molecular flexibility index (Phi) is 2.48. The number of aromatic nitrogens is 5. The number of hydrogen-bond donors (Lipinski definition) is 2. The number of nitrogens with two attached hydrogens (primary N) is 1. The first-order chi connectivity index (χ1) is 8.16. The molecule has 17 heavy (non-hydrogen) atoms. The molecule has 1 aliphatic carbocycles. The summed E-state index contributed by atoms with van der Waals surface area (Å²) in [7, 11) is 0. The third-order valence-corrected chi connectivity index (χ3v) is 3.61. The molecule has 0 bridgehead atoms. The van der Waals surface area contributed by atoms with Gasteiger partial charge in [-0.1, -0.05) is 5.21 Å². The van der Waals surface area contributed by atoms with Gasteiger partial charge in [0.05, 0.1) is 12.1 Å². The van der Waals surface area contributed by atoms with Crippen molar-refractivity contribution in [1.29, 1.82) is 0 Å². The van der Waals surface area contributed by atoms with Crippen molar-refractivity contribution < 1.29 is 5.11 Å². The fourth-order valence-electron chi connectivity index (χ4n) is 2.24. The molecule has 0 aromatic carbocycles. The number of fused-ring (bicyclic) bond motifs is 1. The van der Waals surface area contributed by atoms with Crippen LogP contribution in [0.4, 0.5) is 5.95 Å². The van der Waals surface area contributed by atoms with Crippen LogP contribution in [0.1, 0.15) is 25.3 Å². The Morgan fingerprint density at radius 1 is 1.35 bits per heavy atom. The van der Waals surface area contributed by atoms with Crippen molar-refractivity contribution in [2.45, 2.75) is 31.4 Å². The van der Waals surface area contributed by atoms with E-state index in [1.165, 1.54) is 0 Å². The molecule has 1 aliphatic rings. The number of nitrogens with zero attached hydrogens (tertiary/aromatic N) is 5. The molecule has 0 spiro atoms. The highest BCUT2D eigenvalue weighted by molar-refractivity contribution is 9.10. The van der Waals surface area contributed by atoms with Crippen LogP contribution in [0.5, 0.6) is 0 Å². The molecule has 0 saturated heterocycles. The summed E-state index contributed by atoms with van der Waals surface area (Å²) in [4.78, 5) is 8.10. The zero-order valence-electron chi connectivity index (χ0n) is 8.91. The highest BCUT2D eigenvalue weighted by Gasteiger charge is 2.30. The van der Waals surface area contributed by atoms with Crippen LogP contribution in [0.2, 0.25) is 0 Å². The van der Waals surface area contributed by atoms with E-state index in [-0.39, 0.29) is 12.0 Å². The molecule has 90 valence electrons. The number of anilines is 1. The predicted molar refractivity (Wildman–Crippen MR) is 64.1 cm³/mol. The zero-order chi connectivity index (χ0) is 12.0. The summed E-state index contributed by atoms with van der Waals surface area (Å²) < 4.78 is 2.18. The smallest absolute Gasteiger partial charge is 0.223 e. The van der Waals surface area contributed by atoms with Crippen LogP contribution in [-0.4, -0.2) is 36.2 Å². The molecule has 2 heterocycles. The number of halogens is 1. The first-order valence-corrected chi connectivity index (χ1v) is 6.18. The van der Waals surface area contributed by atoms with Crippen LogP contribution in [0.15, 0.2) is 4.60 Å². The van der Waals surface area contributed by atoms with Gasteiger partial charge in [0, 0.05) is 0 Å². The average molecular weight is 299 g/mol. The molecule has 2 aromatic heterocycles. The topological polar surface area (TPSA) is 103 Å². The van der Waals surface area contributed by atoms with E-state index in [1.54, 1.807) is 4.68 Å². The van der Waals surface area contributed by atoms with Gasteiger partial charge in [-0.05, 0) is 35.2 Å². The Labute approximate surface area is 105 Å². The summed E-state index contributed by atoms with van der Waals surface area (Å²) in [6, 6.07) is -0.0683. The Bertz CT molecular complexity index is 570. The van der Waals surface area contributed by atoms with Gasteiger partial charge in [-0.15, -0.1) is 5.10 Å². The van der Waals surface area contributed by atoms with Crippen molar-refractivity contribution in [1.82, 2.24) is 25.0 Å². The Balaban J connectivity index is 2.17. The van der Waals surface area contributed by atoms with Crippen LogP contribution in [0.3, 0.4) is 0 Å². The Morgan fingerprint density at radius 2 is 2.18 bits per heavy atom. The van der Waals surface area contributed by atoms with Crippen molar-refractivity contribution in [2.75, 3.05) is 5.73 Å². The minimum atomic E-state index is -0.394. The summed E-state index contributed by atoms with van der Waals surface area (Å²) in [5, 5.41) is 17.9. The first kappa shape index (κ1) is 10.8. The van der Waals surface area contributed by atoms with Crippen LogP contribution >= 0.6 is 15.9 Å². The molecule has 0 amide bonds. The molecular weight excluding hydrogens is 288 g/mol. The van der Waals surface area contributed by atoms with E-state index >= 15 is 0 Å². The summed E-state index contributed by atoms with van der Waals surface area (Å²) in [5.74, 6) is 0.167. The van der Waals surface area contributed by atoms with E-state index in [2.05, 4.69) is 36.2 Å². The van der Waals surface area contributed by atoms with E-state index in [9.17, 15) is 5.11 Å². The van der Waals surface area contributed by atoms with Gasteiger partial charge in [0.25, 0.3) is 0 Å². The quantitative estimate of drug-likeness (QED) is 0.750. The lowest BCUT2D eigenvalue weighted by Crippen LogP contribution is -2.20. The zero-order valence-corrected chi connectivity index (χ0v) is 10.5. The molecule has 8 heteroatoms. The number of rotatable bonds is 1. The Morgan fingerprint density at radius 3 is 2.88 bits per heavy atom. The molecule has 2 atom stereocenters. The van der Waals surface area contributed by atoms with Gasteiger partial charge in [-0.2, -0.15) is 4.98 Å². The molecule has 0 radical (unpaired) electrons. The highest BCUT2D eigenvalue weighted by atomic mass is 79.9. The normalized spacial score (nSPS) is 24.6. The average Bonchev–Trinajstić information content (AvgIpc) is 2.84. The second-order valence-corrected chi connectivity index (χ2v) is 4.90. The predicted octanol–water partition coefficient (Wildman–Crippen LogP) is 0.652. The summed E-state index contributed by atoms with van der Waals surface area (Å²) in [6.07, 6.45) is 2.25. The van der Waals surface area contributed by atoms with E-state index < -0.39 is 6.10 Å². The fraction of sp³-hybridized carbons (Fsp3) is 0.556. The number of aliphatic hydroxyl groups excluding tert-OH is 1. The maximum atomic E-state index is 9.88. The van der Waals surface area contributed by atoms with Gasteiger partial charge in [-0.3, -0.25) is 0 Å². The molecule has 0 aliphatic heterocycles. The van der Waals surface area contributed by atoms with Gasteiger partial charge in [0.15, 0.2) is 11.2 Å². The fourth-order valence-corrected chi connectivity index (χ4v) is 2.68. The maximum Gasteiger partial charge on any atom is 0.223 e. The molecule has 0 unspecified atom stereocenters. The maximum absolute atomic E-state index is 9.88. The van der Waals surface area contributed by atoms with Gasteiger partial charge in [-0.25, -0.2) is 9.67 Å². The second-order valence-electron chi connectivity index (χ2n) is 4.14. The second kappa shape index (κ2) is 3.88. The van der Waals surface area contributed by atoms with Crippen molar-refractivity contribution >= 4 is 33.0 Å². The van der Waals surface area contributed by atoms with Crippen LogP contribution in [0.25, 0.3) is 11.2 Å². The lowest BCUT2D eigenvalue weighted by molar-refractivity contribution is 0.131. The lowest BCUT2D eigenvalue weighted by atomic mass is 10.2. The van der Waals surface area contributed by atoms with Crippen molar-refractivity contribution in [3.63, 3.8) is 0 Å². The largest absolute Gasteiger partial charge is 0.391 e. The van der Waals surface area contributed by atoms with E-state index in [1.807, 2.05) is 0 Å². The molecule has 7 nitrogen and oxygen atoms in total. The summed E-state index contributed by atoms with van der Waals surface area (Å²) in [6.45, 7) is 0. The number of nitrogen functional groups attached to an aromatic ring is 1. The minimum Gasteiger partial charge on any atom is -0.391 e. The van der Waals surface area contributed by atoms with E-state index in [0.717, 1.165) is 19.3 Å². The van der Waals surface area contributed by atoms with Crippen molar-refractivity contribution in [2.24, 2.45) is 0 Å². The molecule has 3 N–H and O–H groups in total. The first-order valence-electron chi connectivity index (χ1n) is 5.39. The number of aliphatic hydroxyl groups is 1. The number of hydrogen-bond acceptors (Lipinski definition) is 6. The van der Waals surface area contributed by atoms with Crippen molar-refractivity contribution in [3.05, 3.63) is 4.60 Å². The molecule has 1 saturated carbocycles. The van der Waals surface area contributed by atoms with E-state index in [0.29, 0.717) is 15.8 Å². The molecule has 1 fully saturated rings. The third kappa shape index (κ3) is 1.67. The van der Waals surface area contributed by atoms with Crippen LogP contribution in [0, 0.1) is 0 Å². The molecule has 2 aromatic rings. The summed E-state index contributed by atoms with van der Waals surface area (Å²) in [5.41, 5.74) is 6.74. The SMILES string of the molecule is Nc1nc(Br)c2nnn([C@H]3CCC[C@H]3O)c2n1. The Hall–Kier alpha value is -1.28. The van der Waals surface area contributed by atoms with Gasteiger partial charge >= 0.3 is 0 Å². The molecule has 3 rings (SSSR count). The summed E-state index contributed by atoms with van der Waals surface area (Å²) >= 11 is 3.28. The third-order valence-electron chi connectivity index (χ3n) is 3.06. The lowest BCUT2D eigenvalue weighted by Gasteiger charge is -2.14. The van der Waals surface area contributed by atoms with E-state index in [4.69, 9.17) is 5.73 Å².